The molecule has 94 valence electrons. The summed E-state index contributed by atoms with van der Waals surface area (Å²) in [5.74, 6) is 0. The Bertz CT molecular complexity index is 579. The van der Waals surface area contributed by atoms with Crippen LogP contribution in [0.2, 0.25) is 5.02 Å². The highest BCUT2D eigenvalue weighted by atomic mass is 35.5. The van der Waals surface area contributed by atoms with E-state index in [0.717, 1.165) is 16.8 Å². The summed E-state index contributed by atoms with van der Waals surface area (Å²) in [6, 6.07) is 5.43. The minimum Gasteiger partial charge on any atom is -0.389 e. The monoisotopic (exact) mass is 280 g/mol. The summed E-state index contributed by atoms with van der Waals surface area (Å²) < 4.78 is 1.76. The van der Waals surface area contributed by atoms with E-state index in [9.17, 15) is 0 Å². The Morgan fingerprint density at radius 3 is 2.94 bits per heavy atom. The number of hydrogen-bond acceptors (Lipinski definition) is 3. The van der Waals surface area contributed by atoms with Crippen molar-refractivity contribution >= 4 is 34.5 Å². The van der Waals surface area contributed by atoms with Crippen molar-refractivity contribution in [3.63, 3.8) is 0 Å². The van der Waals surface area contributed by atoms with Crippen molar-refractivity contribution < 1.29 is 0 Å². The Hall–Kier alpha value is -1.59. The molecule has 2 rings (SSSR count). The van der Waals surface area contributed by atoms with Crippen molar-refractivity contribution in [2.45, 2.75) is 6.54 Å². The molecule has 1 aromatic heterocycles. The van der Waals surface area contributed by atoms with Gasteiger partial charge in [-0.05, 0) is 18.2 Å². The zero-order chi connectivity index (χ0) is 13.1. The van der Waals surface area contributed by atoms with E-state index in [2.05, 4.69) is 10.4 Å². The first-order chi connectivity index (χ1) is 8.56. The van der Waals surface area contributed by atoms with Crippen LogP contribution in [-0.2, 0) is 13.6 Å². The predicted octanol–water partition coefficient (Wildman–Crippen LogP) is 2.32. The number of anilines is 1. The van der Waals surface area contributed by atoms with Crippen LogP contribution in [0.1, 0.15) is 11.1 Å². The highest BCUT2D eigenvalue weighted by molar-refractivity contribution is 7.80. The molecule has 0 unspecified atom stereocenters. The molecule has 0 bridgehead atoms. The fraction of sp³-hybridized carbons (Fsp3) is 0.167. The van der Waals surface area contributed by atoms with Gasteiger partial charge in [-0.3, -0.25) is 4.68 Å². The Morgan fingerprint density at radius 1 is 1.56 bits per heavy atom. The van der Waals surface area contributed by atoms with Crippen LogP contribution in [0.4, 0.5) is 5.69 Å². The van der Waals surface area contributed by atoms with Crippen LogP contribution in [0, 0.1) is 0 Å². The fourth-order valence-electron chi connectivity index (χ4n) is 1.63. The lowest BCUT2D eigenvalue weighted by molar-refractivity contribution is 0.767. The molecule has 0 saturated heterocycles. The molecule has 1 heterocycles. The number of hydrogen-bond donors (Lipinski definition) is 2. The molecule has 0 aliphatic rings. The molecule has 0 spiro atoms. The lowest BCUT2D eigenvalue weighted by atomic mass is 10.1. The third-order valence-corrected chi connectivity index (χ3v) is 2.94. The molecule has 6 heteroatoms. The maximum Gasteiger partial charge on any atom is 0.106 e. The second-order valence-electron chi connectivity index (χ2n) is 3.93. The molecule has 0 saturated carbocycles. The lowest BCUT2D eigenvalue weighted by Crippen LogP contribution is -2.13. The summed E-state index contributed by atoms with van der Waals surface area (Å²) in [7, 11) is 1.88. The van der Waals surface area contributed by atoms with E-state index in [0.29, 0.717) is 16.6 Å². The van der Waals surface area contributed by atoms with Crippen LogP contribution in [-0.4, -0.2) is 14.8 Å². The van der Waals surface area contributed by atoms with Gasteiger partial charge in [0.05, 0.1) is 6.20 Å². The molecule has 3 N–H and O–H groups in total. The van der Waals surface area contributed by atoms with Crippen molar-refractivity contribution in [2.24, 2.45) is 12.8 Å². The number of rotatable bonds is 4. The van der Waals surface area contributed by atoms with E-state index in [4.69, 9.17) is 29.6 Å². The van der Waals surface area contributed by atoms with Crippen molar-refractivity contribution in [1.82, 2.24) is 9.78 Å². The number of nitrogens with two attached hydrogens (primary N) is 1. The highest BCUT2D eigenvalue weighted by Gasteiger charge is 2.06. The third kappa shape index (κ3) is 3.00. The topological polar surface area (TPSA) is 55.9 Å². The van der Waals surface area contributed by atoms with Gasteiger partial charge in [-0.2, -0.15) is 5.10 Å². The first-order valence-electron chi connectivity index (χ1n) is 5.37. The van der Waals surface area contributed by atoms with Gasteiger partial charge in [-0.25, -0.2) is 0 Å². The second-order valence-corrected chi connectivity index (χ2v) is 4.81. The van der Waals surface area contributed by atoms with Crippen LogP contribution < -0.4 is 11.1 Å². The second kappa shape index (κ2) is 5.37. The zero-order valence-corrected chi connectivity index (χ0v) is 11.4. The molecular weight excluding hydrogens is 268 g/mol. The number of aromatic nitrogens is 2. The van der Waals surface area contributed by atoms with Crippen molar-refractivity contribution in [3.05, 3.63) is 46.7 Å². The number of nitrogens with one attached hydrogen (secondary N) is 1. The summed E-state index contributed by atoms with van der Waals surface area (Å²) >= 11 is 10.9. The molecule has 0 aliphatic carbocycles. The molecule has 0 aliphatic heterocycles. The van der Waals surface area contributed by atoms with Crippen molar-refractivity contribution in [3.8, 4) is 0 Å². The number of aryl methyl sites for hydroxylation is 1. The van der Waals surface area contributed by atoms with Crippen LogP contribution in [0.25, 0.3) is 0 Å². The van der Waals surface area contributed by atoms with Gasteiger partial charge in [0.1, 0.15) is 4.99 Å². The van der Waals surface area contributed by atoms with Gasteiger partial charge in [0, 0.05) is 41.6 Å². The Balaban J connectivity index is 2.16. The summed E-state index contributed by atoms with van der Waals surface area (Å²) in [5, 5.41) is 7.99. The molecule has 18 heavy (non-hydrogen) atoms. The van der Waals surface area contributed by atoms with Gasteiger partial charge in [0.25, 0.3) is 0 Å². The van der Waals surface area contributed by atoms with E-state index < -0.39 is 0 Å². The summed E-state index contributed by atoms with van der Waals surface area (Å²) in [6.07, 6.45) is 3.76. The molecule has 0 fully saturated rings. The molecule has 1 aromatic carbocycles. The van der Waals surface area contributed by atoms with Gasteiger partial charge >= 0.3 is 0 Å². The molecular formula is C12H13ClN4S. The lowest BCUT2D eigenvalue weighted by Gasteiger charge is -2.10. The Kier molecular flexibility index (Phi) is 3.84. The number of halogens is 1. The largest absolute Gasteiger partial charge is 0.389 e. The minimum absolute atomic E-state index is 0.325. The van der Waals surface area contributed by atoms with E-state index >= 15 is 0 Å². The Labute approximate surface area is 116 Å². The number of benzene rings is 1. The van der Waals surface area contributed by atoms with Crippen LogP contribution >= 0.6 is 23.8 Å². The predicted molar refractivity (Wildman–Crippen MR) is 77.9 cm³/mol. The zero-order valence-electron chi connectivity index (χ0n) is 9.85. The highest BCUT2D eigenvalue weighted by Crippen LogP contribution is 2.21. The molecule has 0 amide bonds. The number of nitrogens with zero attached hydrogens (tertiary/aromatic N) is 2. The van der Waals surface area contributed by atoms with Gasteiger partial charge in [-0.1, -0.05) is 23.8 Å². The average Bonchev–Trinajstić information content (AvgIpc) is 2.73. The van der Waals surface area contributed by atoms with E-state index in [-0.39, 0.29) is 0 Å². The first-order valence-corrected chi connectivity index (χ1v) is 6.15. The molecule has 0 radical (unpaired) electrons. The quantitative estimate of drug-likeness (QED) is 0.844. The van der Waals surface area contributed by atoms with Gasteiger partial charge in [0.15, 0.2) is 0 Å². The van der Waals surface area contributed by atoms with E-state index in [1.165, 1.54) is 0 Å². The van der Waals surface area contributed by atoms with Gasteiger partial charge < -0.3 is 11.1 Å². The fourth-order valence-corrected chi connectivity index (χ4v) is 1.98. The molecule has 0 atom stereocenters. The van der Waals surface area contributed by atoms with Crippen molar-refractivity contribution in [1.29, 1.82) is 0 Å². The third-order valence-electron chi connectivity index (χ3n) is 2.49. The summed E-state index contributed by atoms with van der Waals surface area (Å²) in [5.41, 5.74) is 8.38. The van der Waals surface area contributed by atoms with Crippen molar-refractivity contribution in [2.75, 3.05) is 5.32 Å². The maximum absolute atomic E-state index is 5.93. The smallest absolute Gasteiger partial charge is 0.106 e. The maximum atomic E-state index is 5.93. The first kappa shape index (κ1) is 12.9. The minimum atomic E-state index is 0.325. The normalized spacial score (nSPS) is 10.3. The van der Waals surface area contributed by atoms with E-state index in [1.807, 2.05) is 25.5 Å². The number of thiocarbonyl (C=S) groups is 1. The SMILES string of the molecule is Cn1cc(CNc2ccc(Cl)cc2C(N)=S)cn1. The van der Waals surface area contributed by atoms with Crippen LogP contribution in [0.15, 0.2) is 30.6 Å². The summed E-state index contributed by atoms with van der Waals surface area (Å²) in [4.78, 5) is 0.325. The average molecular weight is 281 g/mol. The van der Waals surface area contributed by atoms with Gasteiger partial charge in [-0.15, -0.1) is 0 Å². The molecule has 2 aromatic rings. The summed E-state index contributed by atoms with van der Waals surface area (Å²) in [6.45, 7) is 0.658. The van der Waals surface area contributed by atoms with Crippen LogP contribution in [0.5, 0.6) is 0 Å². The van der Waals surface area contributed by atoms with Gasteiger partial charge in [0.2, 0.25) is 0 Å². The Morgan fingerprint density at radius 2 is 2.33 bits per heavy atom. The molecule has 4 nitrogen and oxygen atoms in total. The van der Waals surface area contributed by atoms with E-state index in [1.54, 1.807) is 16.8 Å². The standard InChI is InChI=1S/C12H13ClN4S/c1-17-7-8(6-16-17)5-15-11-3-2-9(13)4-10(11)12(14)18/h2-4,6-7,15H,5H2,1H3,(H2,14,18). The van der Waals surface area contributed by atoms with Crippen LogP contribution in [0.3, 0.4) is 0 Å².